The molecular formula is C27H36F4N2O2S. The summed E-state index contributed by atoms with van der Waals surface area (Å²) >= 11 is 1.35. The molecule has 2 unspecified atom stereocenters. The van der Waals surface area contributed by atoms with Crippen molar-refractivity contribution in [1.29, 1.82) is 0 Å². The van der Waals surface area contributed by atoms with E-state index in [0.717, 1.165) is 12.8 Å². The number of ether oxygens (including phenoxy) is 1. The fourth-order valence-electron chi connectivity index (χ4n) is 4.06. The van der Waals surface area contributed by atoms with Crippen LogP contribution in [-0.4, -0.2) is 50.8 Å². The van der Waals surface area contributed by atoms with Crippen LogP contribution in [0.4, 0.5) is 17.6 Å². The summed E-state index contributed by atoms with van der Waals surface area (Å²) < 4.78 is 68.2. The second-order valence-corrected chi connectivity index (χ2v) is 10.2. The van der Waals surface area contributed by atoms with Gasteiger partial charge in [-0.15, -0.1) is 0 Å². The first-order valence-electron chi connectivity index (χ1n) is 12.0. The van der Waals surface area contributed by atoms with Gasteiger partial charge in [0.1, 0.15) is 18.4 Å². The number of rotatable bonds is 14. The molecule has 3 rings (SSSR count). The molecule has 1 aliphatic carbocycles. The minimum atomic E-state index is -2.99. The molecule has 0 radical (unpaired) electrons. The highest BCUT2D eigenvalue weighted by molar-refractivity contribution is 7.98. The fourth-order valence-corrected chi connectivity index (χ4v) is 5.10. The molecule has 2 aromatic rings. The third kappa shape index (κ3) is 8.87. The van der Waals surface area contributed by atoms with E-state index < -0.39 is 29.6 Å². The van der Waals surface area contributed by atoms with Crippen molar-refractivity contribution in [3.8, 4) is 11.1 Å². The highest BCUT2D eigenvalue weighted by atomic mass is 32.2. The van der Waals surface area contributed by atoms with Gasteiger partial charge in [-0.25, -0.2) is 17.6 Å². The standard InChI is InChI=1S/C26H34F4N2OS.CH2O/c1-17-13-19(15-20(27)14-17)22-8-6-7-18(24(22)28)16-23(31-2)25(32-34-21-9-10-21)26(29,30)11-4-5-12-33-3;1-2/h6-8,13-15,21,23,25,31-32H,4-5,9-12,16H2,1-3H3;1H2. The second-order valence-electron chi connectivity index (χ2n) is 9.02. The van der Waals surface area contributed by atoms with Gasteiger partial charge in [0.25, 0.3) is 5.92 Å². The van der Waals surface area contributed by atoms with E-state index in [2.05, 4.69) is 10.0 Å². The molecule has 1 aliphatic rings. The van der Waals surface area contributed by atoms with Crippen molar-refractivity contribution in [3.63, 3.8) is 0 Å². The number of carbonyl (C=O) groups excluding carboxylic acids is 1. The number of aryl methyl sites for hydroxylation is 1. The maximum absolute atomic E-state index is 15.5. The molecule has 2 aromatic carbocycles. The molecule has 0 heterocycles. The van der Waals surface area contributed by atoms with Gasteiger partial charge < -0.3 is 14.8 Å². The number of methoxy groups -OCH3 is 1. The number of alkyl halides is 2. The first-order valence-corrected chi connectivity index (χ1v) is 12.9. The van der Waals surface area contributed by atoms with Gasteiger partial charge in [0.05, 0.1) is 6.04 Å². The molecule has 2 atom stereocenters. The van der Waals surface area contributed by atoms with Crippen LogP contribution in [0.3, 0.4) is 0 Å². The first-order chi connectivity index (χ1) is 17.2. The Kier molecular flexibility index (Phi) is 12.4. The van der Waals surface area contributed by atoms with E-state index in [-0.39, 0.29) is 18.4 Å². The van der Waals surface area contributed by atoms with Gasteiger partial charge in [0.15, 0.2) is 0 Å². The number of halogens is 4. The summed E-state index contributed by atoms with van der Waals surface area (Å²) in [6.45, 7) is 4.19. The Hall–Kier alpha value is -1.94. The lowest BCUT2D eigenvalue weighted by Crippen LogP contribution is -2.56. The zero-order chi connectivity index (χ0) is 26.7. The van der Waals surface area contributed by atoms with Gasteiger partial charge in [-0.2, -0.15) is 0 Å². The summed E-state index contributed by atoms with van der Waals surface area (Å²) in [7, 11) is 3.18. The maximum atomic E-state index is 15.5. The third-order valence-electron chi connectivity index (χ3n) is 6.09. The van der Waals surface area contributed by atoms with E-state index in [1.807, 2.05) is 6.79 Å². The summed E-state index contributed by atoms with van der Waals surface area (Å²) in [6, 6.07) is 7.38. The molecule has 0 saturated heterocycles. The Labute approximate surface area is 215 Å². The summed E-state index contributed by atoms with van der Waals surface area (Å²) in [5, 5.41) is 3.35. The third-order valence-corrected chi connectivity index (χ3v) is 7.29. The normalized spacial score (nSPS) is 15.2. The topological polar surface area (TPSA) is 50.4 Å². The number of hydrogen-bond acceptors (Lipinski definition) is 5. The van der Waals surface area contributed by atoms with Crippen molar-refractivity contribution in [3.05, 3.63) is 59.2 Å². The zero-order valence-corrected chi connectivity index (χ0v) is 21.9. The van der Waals surface area contributed by atoms with Crippen LogP contribution in [0.5, 0.6) is 0 Å². The largest absolute Gasteiger partial charge is 0.385 e. The van der Waals surface area contributed by atoms with Crippen LogP contribution in [0.1, 0.15) is 43.2 Å². The number of hydrogen-bond donors (Lipinski definition) is 2. The number of benzene rings is 2. The molecule has 0 aliphatic heterocycles. The summed E-state index contributed by atoms with van der Waals surface area (Å²) in [4.78, 5) is 8.00. The lowest BCUT2D eigenvalue weighted by Gasteiger charge is -2.34. The molecule has 9 heteroatoms. The predicted octanol–water partition coefficient (Wildman–Crippen LogP) is 6.11. The van der Waals surface area contributed by atoms with Gasteiger partial charge >= 0.3 is 0 Å². The van der Waals surface area contributed by atoms with Crippen molar-refractivity contribution in [2.45, 2.75) is 68.7 Å². The van der Waals surface area contributed by atoms with E-state index in [1.54, 1.807) is 45.3 Å². The van der Waals surface area contributed by atoms with Crippen molar-refractivity contribution in [2.24, 2.45) is 0 Å². The van der Waals surface area contributed by atoms with Crippen molar-refractivity contribution in [1.82, 2.24) is 10.0 Å². The fraction of sp³-hybridized carbons (Fsp3) is 0.519. The van der Waals surface area contributed by atoms with Gasteiger partial charge in [0.2, 0.25) is 0 Å². The highest BCUT2D eigenvalue weighted by Gasteiger charge is 2.44. The van der Waals surface area contributed by atoms with Gasteiger partial charge in [-0.3, -0.25) is 4.72 Å². The Bertz CT molecular complexity index is 939. The van der Waals surface area contributed by atoms with E-state index in [4.69, 9.17) is 9.53 Å². The maximum Gasteiger partial charge on any atom is 0.265 e. The monoisotopic (exact) mass is 528 g/mol. The lowest BCUT2D eigenvalue weighted by atomic mass is 9.91. The highest BCUT2D eigenvalue weighted by Crippen LogP contribution is 2.36. The molecule has 0 aromatic heterocycles. The molecule has 2 N–H and O–H groups in total. The van der Waals surface area contributed by atoms with Crippen LogP contribution >= 0.6 is 11.9 Å². The summed E-state index contributed by atoms with van der Waals surface area (Å²) in [5.74, 6) is -3.94. The van der Waals surface area contributed by atoms with Gasteiger partial charge in [-0.05, 0) is 74.9 Å². The van der Waals surface area contributed by atoms with Crippen LogP contribution in [0.25, 0.3) is 11.1 Å². The van der Waals surface area contributed by atoms with Crippen LogP contribution < -0.4 is 10.0 Å². The van der Waals surface area contributed by atoms with Crippen LogP contribution in [0.2, 0.25) is 0 Å². The average molecular weight is 529 g/mol. The first kappa shape index (κ1) is 30.3. The lowest BCUT2D eigenvalue weighted by molar-refractivity contribution is -0.0980. The minimum absolute atomic E-state index is 0.0705. The SMILES string of the molecule is C=O.CNC(Cc1cccc(-c2cc(C)cc(F)c2)c1F)C(NSC1CC1)C(F)(F)CCCCOC. The molecular weight excluding hydrogens is 492 g/mol. The molecule has 0 amide bonds. The van der Waals surface area contributed by atoms with Crippen molar-refractivity contribution >= 4 is 18.7 Å². The van der Waals surface area contributed by atoms with Crippen LogP contribution in [-0.2, 0) is 16.0 Å². The van der Waals surface area contributed by atoms with Crippen LogP contribution in [0, 0.1) is 18.6 Å². The Morgan fingerprint density at radius 2 is 1.89 bits per heavy atom. The number of likely N-dealkylation sites (N-methyl/N-ethyl adjacent to an activating group) is 1. The van der Waals surface area contributed by atoms with Crippen molar-refractivity contribution in [2.75, 3.05) is 20.8 Å². The van der Waals surface area contributed by atoms with Crippen molar-refractivity contribution < 1.29 is 27.1 Å². The Balaban J connectivity index is 0.00000222. The summed E-state index contributed by atoms with van der Waals surface area (Å²) in [5.41, 5.74) is 1.69. The number of nitrogens with one attached hydrogen (secondary N) is 2. The smallest absolute Gasteiger partial charge is 0.265 e. The van der Waals surface area contributed by atoms with Crippen LogP contribution in [0.15, 0.2) is 36.4 Å². The average Bonchev–Trinajstić information content (AvgIpc) is 3.67. The molecule has 1 saturated carbocycles. The zero-order valence-electron chi connectivity index (χ0n) is 21.1. The second kappa shape index (κ2) is 14.7. The molecule has 4 nitrogen and oxygen atoms in total. The van der Waals surface area contributed by atoms with E-state index in [1.165, 1.54) is 24.1 Å². The van der Waals surface area contributed by atoms with Gasteiger partial charge in [-0.1, -0.05) is 36.2 Å². The molecule has 1 fully saturated rings. The molecule has 0 bridgehead atoms. The Morgan fingerprint density at radius 3 is 2.50 bits per heavy atom. The number of unbranched alkanes of at least 4 members (excludes halogenated alkanes) is 1. The summed E-state index contributed by atoms with van der Waals surface area (Å²) in [6.07, 6.45) is 2.72. The molecule has 200 valence electrons. The Morgan fingerprint density at radius 1 is 1.17 bits per heavy atom. The van der Waals surface area contributed by atoms with Gasteiger partial charge in [0, 0.05) is 37.0 Å². The molecule has 36 heavy (non-hydrogen) atoms. The number of carbonyl (C=O) groups is 1. The van der Waals surface area contributed by atoms with E-state index in [0.29, 0.717) is 41.4 Å². The minimum Gasteiger partial charge on any atom is -0.385 e. The quantitative estimate of drug-likeness (QED) is 0.176. The van der Waals surface area contributed by atoms with E-state index in [9.17, 15) is 4.39 Å². The molecule has 0 spiro atoms. The predicted molar refractivity (Wildman–Crippen MR) is 138 cm³/mol. The van der Waals surface area contributed by atoms with E-state index >= 15 is 13.2 Å².